The van der Waals surface area contributed by atoms with Crippen LogP contribution in [0.5, 0.6) is 11.5 Å². The molecule has 0 saturated carbocycles. The molecule has 2 N–H and O–H groups in total. The lowest BCUT2D eigenvalue weighted by Gasteiger charge is -2.08. The molecule has 0 saturated heterocycles. The Morgan fingerprint density at radius 3 is 2.66 bits per heavy atom. The Morgan fingerprint density at radius 2 is 1.86 bits per heavy atom. The molecule has 144 valence electrons. The number of nitrogens with zero attached hydrogens (tertiary/aromatic N) is 5. The zero-order chi connectivity index (χ0) is 19.8. The van der Waals surface area contributed by atoms with Crippen LogP contribution in [-0.2, 0) is 0 Å². The van der Waals surface area contributed by atoms with E-state index in [2.05, 4.69) is 30.6 Å². The van der Waals surface area contributed by atoms with Crippen molar-refractivity contribution in [2.24, 2.45) is 0 Å². The van der Waals surface area contributed by atoms with Crippen LogP contribution >= 0.6 is 0 Å². The summed E-state index contributed by atoms with van der Waals surface area (Å²) in [7, 11) is 3.22. The molecule has 0 bridgehead atoms. The Balaban J connectivity index is 1.55. The second kappa shape index (κ2) is 6.79. The molecule has 0 atom stereocenters. The molecule has 3 aromatic heterocycles. The van der Waals surface area contributed by atoms with Crippen LogP contribution in [0.3, 0.4) is 0 Å². The summed E-state index contributed by atoms with van der Waals surface area (Å²) in [6.07, 6.45) is 5.25. The summed E-state index contributed by atoms with van der Waals surface area (Å²) in [5.41, 5.74) is 4.04. The number of aromatic amines is 1. The lowest BCUT2D eigenvalue weighted by molar-refractivity contribution is 0.395. The molecule has 0 aliphatic rings. The zero-order valence-corrected chi connectivity index (χ0v) is 15.7. The quantitative estimate of drug-likeness (QED) is 0.476. The molecule has 0 aliphatic heterocycles. The van der Waals surface area contributed by atoms with E-state index in [1.54, 1.807) is 43.4 Å². The number of rotatable bonds is 5. The van der Waals surface area contributed by atoms with Crippen LogP contribution in [0.15, 0.2) is 55.0 Å². The first-order chi connectivity index (χ1) is 14.2. The van der Waals surface area contributed by atoms with Gasteiger partial charge in [0, 0.05) is 47.2 Å². The number of hydrogen-bond acceptors (Lipinski definition) is 7. The van der Waals surface area contributed by atoms with Crippen molar-refractivity contribution < 1.29 is 9.47 Å². The van der Waals surface area contributed by atoms with E-state index in [0.29, 0.717) is 23.1 Å². The molecule has 5 aromatic rings. The fourth-order valence-corrected chi connectivity index (χ4v) is 3.17. The zero-order valence-electron chi connectivity index (χ0n) is 15.7. The SMILES string of the molecule is COc1cc(Nc2nc3c(-c4ccc5[nH]ncc5c4)nccn3n2)cc(OC)c1. The number of anilines is 2. The van der Waals surface area contributed by atoms with Gasteiger partial charge >= 0.3 is 0 Å². The number of hydrogen-bond donors (Lipinski definition) is 2. The molecular formula is C20H17N7O2. The van der Waals surface area contributed by atoms with E-state index >= 15 is 0 Å². The third kappa shape index (κ3) is 3.08. The van der Waals surface area contributed by atoms with E-state index in [-0.39, 0.29) is 0 Å². The van der Waals surface area contributed by atoms with Crippen molar-refractivity contribution in [1.29, 1.82) is 0 Å². The summed E-state index contributed by atoms with van der Waals surface area (Å²) in [4.78, 5) is 9.16. The third-order valence-electron chi connectivity index (χ3n) is 4.58. The van der Waals surface area contributed by atoms with Gasteiger partial charge in [-0.3, -0.25) is 10.1 Å². The molecule has 0 unspecified atom stereocenters. The number of nitrogens with one attached hydrogen (secondary N) is 2. The van der Waals surface area contributed by atoms with Crippen LogP contribution in [0.1, 0.15) is 0 Å². The summed E-state index contributed by atoms with van der Waals surface area (Å²) < 4.78 is 12.3. The van der Waals surface area contributed by atoms with Crippen molar-refractivity contribution >= 4 is 28.2 Å². The average Bonchev–Trinajstić information content (AvgIpc) is 3.38. The average molecular weight is 387 g/mol. The van der Waals surface area contributed by atoms with Crippen molar-refractivity contribution in [2.45, 2.75) is 0 Å². The maximum atomic E-state index is 5.32. The highest BCUT2D eigenvalue weighted by Crippen LogP contribution is 2.29. The van der Waals surface area contributed by atoms with E-state index in [4.69, 9.17) is 9.47 Å². The van der Waals surface area contributed by atoms with Crippen LogP contribution in [0.2, 0.25) is 0 Å². The number of ether oxygens (including phenoxy) is 2. The van der Waals surface area contributed by atoms with Crippen molar-refractivity contribution in [3.63, 3.8) is 0 Å². The summed E-state index contributed by atoms with van der Waals surface area (Å²) in [6, 6.07) is 11.5. The topological polar surface area (TPSA) is 102 Å². The van der Waals surface area contributed by atoms with Crippen molar-refractivity contribution in [3.05, 3.63) is 55.0 Å². The molecule has 0 fully saturated rings. The highest BCUT2D eigenvalue weighted by molar-refractivity contribution is 5.86. The lowest BCUT2D eigenvalue weighted by Crippen LogP contribution is -1.95. The van der Waals surface area contributed by atoms with Gasteiger partial charge in [0.1, 0.15) is 17.2 Å². The Bertz CT molecular complexity index is 1300. The van der Waals surface area contributed by atoms with Gasteiger partial charge in [0.25, 0.3) is 0 Å². The molecule has 9 nitrogen and oxygen atoms in total. The first kappa shape index (κ1) is 17.0. The van der Waals surface area contributed by atoms with Gasteiger partial charge in [-0.15, -0.1) is 5.10 Å². The van der Waals surface area contributed by atoms with E-state index in [1.165, 1.54) is 0 Å². The molecule has 9 heteroatoms. The van der Waals surface area contributed by atoms with Crippen LogP contribution < -0.4 is 14.8 Å². The minimum atomic E-state index is 0.443. The largest absolute Gasteiger partial charge is 0.497 e. The molecule has 0 spiro atoms. The van der Waals surface area contributed by atoms with Gasteiger partial charge in [0.15, 0.2) is 5.65 Å². The van der Waals surface area contributed by atoms with Crippen molar-refractivity contribution in [2.75, 3.05) is 19.5 Å². The van der Waals surface area contributed by atoms with Gasteiger partial charge in [0.05, 0.1) is 25.9 Å². The smallest absolute Gasteiger partial charge is 0.247 e. The van der Waals surface area contributed by atoms with Gasteiger partial charge < -0.3 is 14.8 Å². The van der Waals surface area contributed by atoms with Gasteiger partial charge in [-0.1, -0.05) is 6.07 Å². The molecule has 0 aliphatic carbocycles. The minimum Gasteiger partial charge on any atom is -0.497 e. The molecule has 2 aromatic carbocycles. The normalized spacial score (nSPS) is 11.1. The van der Waals surface area contributed by atoms with E-state index in [0.717, 1.165) is 27.8 Å². The highest BCUT2D eigenvalue weighted by Gasteiger charge is 2.13. The van der Waals surface area contributed by atoms with Crippen molar-refractivity contribution in [3.8, 4) is 22.8 Å². The maximum absolute atomic E-state index is 5.32. The van der Waals surface area contributed by atoms with Gasteiger partial charge in [0.2, 0.25) is 5.95 Å². The Kier molecular flexibility index (Phi) is 3.98. The number of benzene rings is 2. The fraction of sp³-hybridized carbons (Fsp3) is 0.100. The summed E-state index contributed by atoms with van der Waals surface area (Å²) in [6.45, 7) is 0. The second-order valence-electron chi connectivity index (χ2n) is 6.38. The van der Waals surface area contributed by atoms with Crippen LogP contribution in [-0.4, -0.2) is 44.0 Å². The first-order valence-corrected chi connectivity index (χ1v) is 8.88. The van der Waals surface area contributed by atoms with Crippen molar-refractivity contribution in [1.82, 2.24) is 29.8 Å². The Hall–Kier alpha value is -4.14. The number of H-pyrrole nitrogens is 1. The second-order valence-corrected chi connectivity index (χ2v) is 6.38. The number of methoxy groups -OCH3 is 2. The van der Waals surface area contributed by atoms with E-state index in [1.807, 2.05) is 30.3 Å². The highest BCUT2D eigenvalue weighted by atomic mass is 16.5. The van der Waals surface area contributed by atoms with E-state index in [9.17, 15) is 0 Å². The molecule has 5 rings (SSSR count). The lowest BCUT2D eigenvalue weighted by atomic mass is 10.1. The molecular weight excluding hydrogens is 370 g/mol. The first-order valence-electron chi connectivity index (χ1n) is 8.88. The third-order valence-corrected chi connectivity index (χ3v) is 4.58. The molecule has 3 heterocycles. The molecule has 0 amide bonds. The predicted molar refractivity (Wildman–Crippen MR) is 109 cm³/mol. The number of aromatic nitrogens is 6. The van der Waals surface area contributed by atoms with Gasteiger partial charge in [-0.25, -0.2) is 4.52 Å². The van der Waals surface area contributed by atoms with Crippen LogP contribution in [0.25, 0.3) is 27.8 Å². The summed E-state index contributed by atoms with van der Waals surface area (Å²) >= 11 is 0. The standard InChI is InChI=1S/C20H17N7O2/c1-28-15-8-14(9-16(10-15)29-2)23-20-24-19-18(21-5-6-27(19)26-20)12-3-4-17-13(7-12)11-22-25-17/h3-11H,1-2H3,(H,22,25)(H,23,26). The maximum Gasteiger partial charge on any atom is 0.247 e. The number of fused-ring (bicyclic) bond motifs is 2. The van der Waals surface area contributed by atoms with Gasteiger partial charge in [-0.05, 0) is 12.1 Å². The fourth-order valence-electron chi connectivity index (χ4n) is 3.17. The Morgan fingerprint density at radius 1 is 1.03 bits per heavy atom. The predicted octanol–water partition coefficient (Wildman–Crippen LogP) is 3.43. The van der Waals surface area contributed by atoms with Crippen LogP contribution in [0.4, 0.5) is 11.6 Å². The molecule has 0 radical (unpaired) electrons. The summed E-state index contributed by atoms with van der Waals surface area (Å²) in [5.74, 6) is 1.79. The van der Waals surface area contributed by atoms with Crippen LogP contribution in [0, 0.1) is 0 Å². The molecule has 29 heavy (non-hydrogen) atoms. The summed E-state index contributed by atoms with van der Waals surface area (Å²) in [5, 5.41) is 15.7. The minimum absolute atomic E-state index is 0.443. The van der Waals surface area contributed by atoms with Gasteiger partial charge in [-0.2, -0.15) is 10.1 Å². The monoisotopic (exact) mass is 387 g/mol. The van der Waals surface area contributed by atoms with E-state index < -0.39 is 0 Å². The Labute approximate surface area is 165 Å².